The minimum absolute atomic E-state index is 0.240. The number of nitrogens with zero attached hydrogens (tertiary/aromatic N) is 1. The third-order valence-corrected chi connectivity index (χ3v) is 4.01. The van der Waals surface area contributed by atoms with Gasteiger partial charge in [-0.25, -0.2) is 0 Å². The normalized spacial score (nSPS) is 27.5. The van der Waals surface area contributed by atoms with Crippen molar-refractivity contribution in [2.75, 3.05) is 13.1 Å². The summed E-state index contributed by atoms with van der Waals surface area (Å²) in [6.45, 7) is 8.63. The maximum absolute atomic E-state index is 12.6. The molecule has 0 aromatic carbocycles. The summed E-state index contributed by atoms with van der Waals surface area (Å²) in [5.74, 6) is -1.22. The van der Waals surface area contributed by atoms with E-state index in [1.807, 2.05) is 27.7 Å². The van der Waals surface area contributed by atoms with Crippen LogP contribution < -0.4 is 0 Å². The molecule has 0 aromatic heterocycles. The van der Waals surface area contributed by atoms with Crippen LogP contribution in [0, 0.1) is 5.41 Å². The Labute approximate surface area is 113 Å². The highest BCUT2D eigenvalue weighted by atomic mass is 16.5. The van der Waals surface area contributed by atoms with Crippen molar-refractivity contribution < 1.29 is 19.4 Å². The van der Waals surface area contributed by atoms with Gasteiger partial charge in [-0.3, -0.25) is 9.59 Å². The van der Waals surface area contributed by atoms with Gasteiger partial charge in [-0.1, -0.05) is 6.42 Å². The molecule has 2 rings (SSSR count). The first-order valence-corrected chi connectivity index (χ1v) is 6.81. The standard InChI is InChI=1S/C14H23NO4/c1-12(2)8-15(9-13(3,4)19-12)10(16)14(11(17)18)6-5-7-14/h5-9H2,1-4H3,(H,17,18). The fourth-order valence-electron chi connectivity index (χ4n) is 3.28. The predicted molar refractivity (Wildman–Crippen MR) is 69.7 cm³/mol. The van der Waals surface area contributed by atoms with E-state index in [1.165, 1.54) is 0 Å². The highest BCUT2D eigenvalue weighted by molar-refractivity contribution is 6.02. The molecule has 0 atom stereocenters. The third kappa shape index (κ3) is 2.48. The molecule has 1 saturated carbocycles. The number of morpholine rings is 1. The summed E-state index contributed by atoms with van der Waals surface area (Å²) in [6.07, 6.45) is 1.73. The molecule has 1 saturated heterocycles. The van der Waals surface area contributed by atoms with Gasteiger partial charge >= 0.3 is 5.97 Å². The number of carbonyl (C=O) groups excluding carboxylic acids is 1. The lowest BCUT2D eigenvalue weighted by molar-refractivity contribution is -0.198. The van der Waals surface area contributed by atoms with Crippen molar-refractivity contribution in [3.63, 3.8) is 0 Å². The Kier molecular flexibility index (Phi) is 3.16. The molecule has 0 spiro atoms. The van der Waals surface area contributed by atoms with Crippen molar-refractivity contribution in [2.45, 2.75) is 58.2 Å². The fourth-order valence-corrected chi connectivity index (χ4v) is 3.28. The second kappa shape index (κ2) is 4.20. The Morgan fingerprint density at radius 1 is 1.05 bits per heavy atom. The van der Waals surface area contributed by atoms with E-state index in [9.17, 15) is 14.7 Å². The molecule has 0 aromatic rings. The molecular formula is C14H23NO4. The van der Waals surface area contributed by atoms with E-state index in [0.717, 1.165) is 6.42 Å². The van der Waals surface area contributed by atoms with E-state index in [1.54, 1.807) is 4.90 Å². The number of carboxylic acids is 1. The van der Waals surface area contributed by atoms with Crippen molar-refractivity contribution in [1.82, 2.24) is 4.90 Å². The van der Waals surface area contributed by atoms with Gasteiger partial charge in [0.2, 0.25) is 5.91 Å². The molecule has 0 unspecified atom stereocenters. The van der Waals surface area contributed by atoms with Crippen LogP contribution >= 0.6 is 0 Å². The van der Waals surface area contributed by atoms with Crippen LogP contribution in [-0.4, -0.2) is 46.2 Å². The van der Waals surface area contributed by atoms with E-state index in [4.69, 9.17) is 4.74 Å². The second-order valence-corrected chi connectivity index (χ2v) is 7.02. The zero-order valence-electron chi connectivity index (χ0n) is 12.2. The average molecular weight is 269 g/mol. The Bertz CT molecular complexity index is 394. The molecule has 1 N–H and O–H groups in total. The minimum Gasteiger partial charge on any atom is -0.480 e. The van der Waals surface area contributed by atoms with Crippen LogP contribution in [0.2, 0.25) is 0 Å². The Balaban J connectivity index is 2.21. The number of carboxylic acid groups (broad SMARTS) is 1. The molecule has 5 heteroatoms. The number of amides is 1. The molecule has 1 aliphatic heterocycles. The van der Waals surface area contributed by atoms with Gasteiger partial charge in [0.25, 0.3) is 0 Å². The fraction of sp³-hybridized carbons (Fsp3) is 0.857. The molecular weight excluding hydrogens is 246 g/mol. The van der Waals surface area contributed by atoms with Crippen LogP contribution in [-0.2, 0) is 14.3 Å². The first-order chi connectivity index (χ1) is 8.58. The monoisotopic (exact) mass is 269 g/mol. The van der Waals surface area contributed by atoms with Crippen molar-refractivity contribution in [1.29, 1.82) is 0 Å². The lowest BCUT2D eigenvalue weighted by Crippen LogP contribution is -2.63. The van der Waals surface area contributed by atoms with Gasteiger partial charge in [0.1, 0.15) is 5.41 Å². The van der Waals surface area contributed by atoms with Gasteiger partial charge < -0.3 is 14.7 Å². The number of carbonyl (C=O) groups is 2. The van der Waals surface area contributed by atoms with Gasteiger partial charge in [0, 0.05) is 13.1 Å². The Morgan fingerprint density at radius 3 is 1.84 bits per heavy atom. The maximum Gasteiger partial charge on any atom is 0.319 e. The molecule has 0 radical (unpaired) electrons. The topological polar surface area (TPSA) is 66.8 Å². The minimum atomic E-state index is -1.18. The van der Waals surface area contributed by atoms with Crippen LogP contribution in [0.15, 0.2) is 0 Å². The van der Waals surface area contributed by atoms with Gasteiger partial charge in [-0.05, 0) is 40.5 Å². The molecule has 2 aliphatic rings. The summed E-state index contributed by atoms with van der Waals surface area (Å²) in [5, 5.41) is 9.37. The van der Waals surface area contributed by atoms with Crippen LogP contribution in [0.3, 0.4) is 0 Å². The SMILES string of the molecule is CC1(C)CN(C(=O)C2(C(=O)O)CCC2)CC(C)(C)O1. The Hall–Kier alpha value is -1.10. The van der Waals surface area contributed by atoms with Crippen LogP contribution in [0.1, 0.15) is 47.0 Å². The highest BCUT2D eigenvalue weighted by Crippen LogP contribution is 2.44. The number of hydrogen-bond acceptors (Lipinski definition) is 3. The van der Waals surface area contributed by atoms with Gasteiger partial charge in [0.15, 0.2) is 0 Å². The first-order valence-electron chi connectivity index (χ1n) is 6.81. The summed E-state index contributed by atoms with van der Waals surface area (Å²) in [7, 11) is 0. The average Bonchev–Trinajstić information content (AvgIpc) is 2.09. The quantitative estimate of drug-likeness (QED) is 0.774. The van der Waals surface area contributed by atoms with Crippen molar-refractivity contribution in [3.8, 4) is 0 Å². The molecule has 19 heavy (non-hydrogen) atoms. The van der Waals surface area contributed by atoms with E-state index in [2.05, 4.69) is 0 Å². The van der Waals surface area contributed by atoms with E-state index in [0.29, 0.717) is 25.9 Å². The lowest BCUT2D eigenvalue weighted by atomic mass is 9.67. The van der Waals surface area contributed by atoms with Gasteiger partial charge in [-0.15, -0.1) is 0 Å². The van der Waals surface area contributed by atoms with Crippen molar-refractivity contribution in [2.24, 2.45) is 5.41 Å². The molecule has 2 fully saturated rings. The Morgan fingerprint density at radius 2 is 1.53 bits per heavy atom. The predicted octanol–water partition coefficient (Wildman–Crippen LogP) is 1.66. The van der Waals surface area contributed by atoms with Crippen LogP contribution in [0.4, 0.5) is 0 Å². The van der Waals surface area contributed by atoms with E-state index < -0.39 is 22.6 Å². The van der Waals surface area contributed by atoms with Gasteiger partial charge in [0.05, 0.1) is 11.2 Å². The smallest absolute Gasteiger partial charge is 0.319 e. The summed E-state index contributed by atoms with van der Waals surface area (Å²) < 4.78 is 5.93. The van der Waals surface area contributed by atoms with Crippen LogP contribution in [0.5, 0.6) is 0 Å². The number of aliphatic carboxylic acids is 1. The highest BCUT2D eigenvalue weighted by Gasteiger charge is 2.55. The zero-order chi connectivity index (χ0) is 14.5. The first kappa shape index (κ1) is 14.3. The second-order valence-electron chi connectivity index (χ2n) is 7.02. The maximum atomic E-state index is 12.6. The molecule has 0 bridgehead atoms. The summed E-state index contributed by atoms with van der Waals surface area (Å²) >= 11 is 0. The summed E-state index contributed by atoms with van der Waals surface area (Å²) in [5.41, 5.74) is -2.06. The molecule has 1 aliphatic carbocycles. The summed E-state index contributed by atoms with van der Waals surface area (Å²) in [4.78, 5) is 25.7. The largest absolute Gasteiger partial charge is 0.480 e. The number of rotatable bonds is 2. The van der Waals surface area contributed by atoms with Crippen molar-refractivity contribution >= 4 is 11.9 Å². The lowest BCUT2D eigenvalue weighted by Gasteiger charge is -2.50. The molecule has 5 nitrogen and oxygen atoms in total. The van der Waals surface area contributed by atoms with Crippen LogP contribution in [0.25, 0.3) is 0 Å². The third-order valence-electron chi connectivity index (χ3n) is 4.01. The summed E-state index contributed by atoms with van der Waals surface area (Å²) in [6, 6.07) is 0. The van der Waals surface area contributed by atoms with Crippen molar-refractivity contribution in [3.05, 3.63) is 0 Å². The molecule has 1 amide bonds. The van der Waals surface area contributed by atoms with E-state index >= 15 is 0 Å². The number of ether oxygens (including phenoxy) is 1. The van der Waals surface area contributed by atoms with Gasteiger partial charge in [-0.2, -0.15) is 0 Å². The number of hydrogen-bond donors (Lipinski definition) is 1. The molecule has 108 valence electrons. The molecule has 1 heterocycles. The van der Waals surface area contributed by atoms with E-state index in [-0.39, 0.29) is 5.91 Å². The zero-order valence-corrected chi connectivity index (χ0v) is 12.2.